The number of fused-ring (bicyclic) bond motifs is 1. The summed E-state index contributed by atoms with van der Waals surface area (Å²) < 4.78 is 0. The first-order valence-corrected chi connectivity index (χ1v) is 9.94. The van der Waals surface area contributed by atoms with Gasteiger partial charge in [0.2, 0.25) is 11.8 Å². The first-order chi connectivity index (χ1) is 12.1. The molecule has 2 heterocycles. The number of amides is 3. The van der Waals surface area contributed by atoms with Gasteiger partial charge in [0.15, 0.2) is 5.37 Å². The summed E-state index contributed by atoms with van der Waals surface area (Å²) in [6.45, 7) is -0.0491. The number of carbonyl (C=O) groups is 3. The smallest absolute Gasteiger partial charge is 0.254 e. The summed E-state index contributed by atoms with van der Waals surface area (Å²) in [6.07, 6.45) is 0.681. The number of para-hydroxylation sites is 1. The molecule has 1 saturated heterocycles. The monoisotopic (exact) mass is 380 g/mol. The van der Waals surface area contributed by atoms with Crippen LogP contribution in [0, 0.1) is 5.92 Å². The van der Waals surface area contributed by atoms with Gasteiger partial charge in [-0.3, -0.25) is 14.4 Å². The topological polar surface area (TPSA) is 99.3 Å². The van der Waals surface area contributed by atoms with Crippen LogP contribution in [-0.4, -0.2) is 47.8 Å². The molecule has 0 saturated carbocycles. The molecular weight excluding hydrogens is 360 g/mol. The van der Waals surface area contributed by atoms with Crippen LogP contribution >= 0.6 is 23.5 Å². The predicted molar refractivity (Wildman–Crippen MR) is 99.3 cm³/mol. The molecule has 9 heteroatoms. The summed E-state index contributed by atoms with van der Waals surface area (Å²) in [5.74, 6) is -0.107. The highest BCUT2D eigenvalue weighted by atomic mass is 32.2. The number of hydrogen-bond donors (Lipinski definition) is 4. The van der Waals surface area contributed by atoms with E-state index in [1.807, 2.05) is 24.3 Å². The van der Waals surface area contributed by atoms with Crippen molar-refractivity contribution in [2.45, 2.75) is 22.1 Å². The molecule has 0 aromatic heterocycles. The molecular formula is C16H20N4O3S2. The Morgan fingerprint density at radius 3 is 2.80 bits per heavy atom. The van der Waals surface area contributed by atoms with Gasteiger partial charge in [-0.05, 0) is 24.3 Å². The standard InChI is InChI=1S/C16H20N4O3S2/c1-17-12(21)8-18-13(22)9-6-7-24-15(9)20-14(23)16-19-10-4-2-3-5-11(10)25-16/h2-5,9,15-16,19H,6-8H2,1H3,(H,17,21)(H,18,22)(H,20,23). The Balaban J connectivity index is 1.54. The Labute approximate surface area is 154 Å². The molecule has 1 fully saturated rings. The zero-order valence-corrected chi connectivity index (χ0v) is 15.3. The van der Waals surface area contributed by atoms with Gasteiger partial charge >= 0.3 is 0 Å². The van der Waals surface area contributed by atoms with Gasteiger partial charge in [-0.2, -0.15) is 0 Å². The lowest BCUT2D eigenvalue weighted by Crippen LogP contribution is -2.47. The molecule has 3 unspecified atom stereocenters. The molecule has 0 aliphatic carbocycles. The molecule has 134 valence electrons. The summed E-state index contributed by atoms with van der Waals surface area (Å²) in [6, 6.07) is 7.77. The SMILES string of the molecule is CNC(=O)CNC(=O)C1CCSC1NC(=O)C1Nc2ccccc2S1. The van der Waals surface area contributed by atoms with Crippen molar-refractivity contribution in [1.82, 2.24) is 16.0 Å². The second kappa shape index (κ2) is 8.01. The van der Waals surface area contributed by atoms with Crippen molar-refractivity contribution in [2.75, 3.05) is 24.7 Å². The van der Waals surface area contributed by atoms with E-state index in [0.29, 0.717) is 6.42 Å². The molecule has 0 spiro atoms. The van der Waals surface area contributed by atoms with Crippen molar-refractivity contribution in [3.05, 3.63) is 24.3 Å². The zero-order valence-electron chi connectivity index (χ0n) is 13.7. The van der Waals surface area contributed by atoms with Crippen molar-refractivity contribution < 1.29 is 14.4 Å². The van der Waals surface area contributed by atoms with Crippen molar-refractivity contribution in [1.29, 1.82) is 0 Å². The molecule has 4 N–H and O–H groups in total. The third-order valence-electron chi connectivity index (χ3n) is 4.07. The van der Waals surface area contributed by atoms with Crippen LogP contribution in [0.5, 0.6) is 0 Å². The molecule has 2 aliphatic rings. The van der Waals surface area contributed by atoms with E-state index in [4.69, 9.17) is 0 Å². The fourth-order valence-electron chi connectivity index (χ4n) is 2.71. The van der Waals surface area contributed by atoms with Crippen LogP contribution in [0.1, 0.15) is 6.42 Å². The van der Waals surface area contributed by atoms with E-state index in [1.54, 1.807) is 11.8 Å². The third-order valence-corrected chi connectivity index (χ3v) is 6.53. The summed E-state index contributed by atoms with van der Waals surface area (Å²) in [4.78, 5) is 37.1. The quantitative estimate of drug-likeness (QED) is 0.597. The number of likely N-dealkylation sites (N-methyl/N-ethyl adjacent to an activating group) is 1. The Bertz CT molecular complexity index is 660. The van der Waals surface area contributed by atoms with Crippen molar-refractivity contribution in [2.24, 2.45) is 5.92 Å². The first-order valence-electron chi connectivity index (χ1n) is 8.01. The highest BCUT2D eigenvalue weighted by Gasteiger charge is 2.37. The van der Waals surface area contributed by atoms with Gasteiger partial charge in [0.25, 0.3) is 5.91 Å². The van der Waals surface area contributed by atoms with E-state index in [-0.39, 0.29) is 35.6 Å². The molecule has 25 heavy (non-hydrogen) atoms. The minimum atomic E-state index is -0.395. The number of rotatable bonds is 5. The minimum absolute atomic E-state index is 0.0491. The van der Waals surface area contributed by atoms with Gasteiger partial charge in [0.05, 0.1) is 17.8 Å². The van der Waals surface area contributed by atoms with Crippen LogP contribution in [0.15, 0.2) is 29.2 Å². The van der Waals surface area contributed by atoms with Crippen LogP contribution in [0.4, 0.5) is 5.69 Å². The maximum absolute atomic E-state index is 12.5. The van der Waals surface area contributed by atoms with Gasteiger partial charge in [-0.1, -0.05) is 23.9 Å². The number of nitrogens with one attached hydrogen (secondary N) is 4. The molecule has 3 rings (SSSR count). The fourth-order valence-corrected chi connectivity index (χ4v) is 5.07. The van der Waals surface area contributed by atoms with E-state index in [2.05, 4.69) is 21.3 Å². The number of benzene rings is 1. The molecule has 1 aromatic carbocycles. The van der Waals surface area contributed by atoms with E-state index in [1.165, 1.54) is 18.8 Å². The molecule has 0 bridgehead atoms. The predicted octanol–water partition coefficient (Wildman–Crippen LogP) is 0.588. The highest BCUT2D eigenvalue weighted by molar-refractivity contribution is 8.01. The van der Waals surface area contributed by atoms with E-state index in [9.17, 15) is 14.4 Å². The van der Waals surface area contributed by atoms with Crippen molar-refractivity contribution in [3.8, 4) is 0 Å². The minimum Gasteiger partial charge on any atom is -0.364 e. The van der Waals surface area contributed by atoms with Crippen LogP contribution in [0.25, 0.3) is 0 Å². The van der Waals surface area contributed by atoms with Crippen LogP contribution in [0.3, 0.4) is 0 Å². The second-order valence-electron chi connectivity index (χ2n) is 5.72. The number of hydrogen-bond acceptors (Lipinski definition) is 6. The maximum Gasteiger partial charge on any atom is 0.254 e. The lowest BCUT2D eigenvalue weighted by atomic mass is 10.1. The van der Waals surface area contributed by atoms with Gasteiger partial charge in [0, 0.05) is 17.6 Å². The van der Waals surface area contributed by atoms with Gasteiger partial charge < -0.3 is 21.3 Å². The van der Waals surface area contributed by atoms with Gasteiger partial charge in [-0.15, -0.1) is 11.8 Å². The lowest BCUT2D eigenvalue weighted by molar-refractivity contribution is -0.129. The maximum atomic E-state index is 12.5. The normalized spacial score (nSPS) is 24.1. The molecule has 1 aromatic rings. The molecule has 3 amide bonds. The van der Waals surface area contributed by atoms with Gasteiger partial charge in [-0.25, -0.2) is 0 Å². The summed E-state index contributed by atoms with van der Waals surface area (Å²) in [5, 5.41) is 10.6. The first kappa shape index (κ1) is 17.9. The largest absolute Gasteiger partial charge is 0.364 e. The summed E-state index contributed by atoms with van der Waals surface area (Å²) >= 11 is 3.03. The van der Waals surface area contributed by atoms with E-state index < -0.39 is 5.37 Å². The van der Waals surface area contributed by atoms with Crippen LogP contribution in [-0.2, 0) is 14.4 Å². The Kier molecular flexibility index (Phi) is 5.74. The molecule has 0 radical (unpaired) electrons. The highest BCUT2D eigenvalue weighted by Crippen LogP contribution is 2.38. The Morgan fingerprint density at radius 1 is 1.24 bits per heavy atom. The van der Waals surface area contributed by atoms with E-state index >= 15 is 0 Å². The van der Waals surface area contributed by atoms with Crippen LogP contribution in [0.2, 0.25) is 0 Å². The number of carbonyl (C=O) groups excluding carboxylic acids is 3. The average Bonchev–Trinajstić information content (AvgIpc) is 3.25. The Morgan fingerprint density at radius 2 is 2.04 bits per heavy atom. The van der Waals surface area contributed by atoms with Crippen LogP contribution < -0.4 is 21.3 Å². The number of anilines is 1. The average molecular weight is 380 g/mol. The lowest BCUT2D eigenvalue weighted by Gasteiger charge is -2.21. The van der Waals surface area contributed by atoms with Gasteiger partial charge in [0.1, 0.15) is 0 Å². The molecule has 3 atom stereocenters. The van der Waals surface area contributed by atoms with Crippen molar-refractivity contribution in [3.63, 3.8) is 0 Å². The number of thioether (sulfide) groups is 2. The zero-order chi connectivity index (χ0) is 17.8. The third kappa shape index (κ3) is 4.21. The summed E-state index contributed by atoms with van der Waals surface area (Å²) in [5.41, 5.74) is 0.951. The Hall–Kier alpha value is -1.87. The molecule has 2 aliphatic heterocycles. The fraction of sp³-hybridized carbons (Fsp3) is 0.438. The molecule has 7 nitrogen and oxygen atoms in total. The van der Waals surface area contributed by atoms with Crippen molar-refractivity contribution >= 4 is 46.9 Å². The summed E-state index contributed by atoms with van der Waals surface area (Å²) in [7, 11) is 1.52. The van der Waals surface area contributed by atoms with E-state index in [0.717, 1.165) is 16.3 Å². The second-order valence-corrected chi connectivity index (χ2v) is 8.12.